The second-order valence-electron chi connectivity index (χ2n) is 14.1. The number of anilines is 2. The van der Waals surface area contributed by atoms with Gasteiger partial charge in [-0.3, -0.25) is 4.55 Å². The van der Waals surface area contributed by atoms with Crippen molar-refractivity contribution in [3.8, 4) is 23.0 Å². The molecule has 7 aromatic rings. The number of hydrogen-bond donors (Lipinski definition) is 5. The van der Waals surface area contributed by atoms with Crippen molar-refractivity contribution < 1.29 is 42.5 Å². The molecule has 0 atom stereocenters. The van der Waals surface area contributed by atoms with Gasteiger partial charge in [0, 0.05) is 40.0 Å². The van der Waals surface area contributed by atoms with Gasteiger partial charge in [0.15, 0.2) is 5.75 Å². The van der Waals surface area contributed by atoms with Crippen LogP contribution >= 0.6 is 0 Å². The molecule has 0 unspecified atom stereocenters. The first-order valence-corrected chi connectivity index (χ1v) is 21.0. The molecule has 0 aliphatic heterocycles. The summed E-state index contributed by atoms with van der Waals surface area (Å²) in [5, 5.41) is 70.6. The lowest BCUT2D eigenvalue weighted by Gasteiger charge is -2.11. The maximum atomic E-state index is 11.7. The van der Waals surface area contributed by atoms with Crippen LogP contribution in [0.4, 0.5) is 56.9 Å². The van der Waals surface area contributed by atoms with E-state index in [1.165, 1.54) is 38.5 Å². The third kappa shape index (κ3) is 10.6. The van der Waals surface area contributed by atoms with E-state index in [1.54, 1.807) is 68.6 Å². The maximum Gasteiger partial charge on any atom is 0.296 e. The number of hydrogen-bond acceptors (Lipinski definition) is 17. The van der Waals surface area contributed by atoms with Crippen molar-refractivity contribution in [3.63, 3.8) is 0 Å². The van der Waals surface area contributed by atoms with Crippen molar-refractivity contribution in [1.82, 2.24) is 0 Å². The molecular weight excluding hydrogens is 855 g/mol. The maximum absolute atomic E-state index is 11.7. The summed E-state index contributed by atoms with van der Waals surface area (Å²) in [6.07, 6.45) is 0. The average molecular weight is 896 g/mol. The number of aliphatic hydroxyl groups excluding tert-OH is 2. The number of aliphatic hydroxyl groups is 2. The summed E-state index contributed by atoms with van der Waals surface area (Å²) in [4.78, 5) is -0.366. The Kier molecular flexibility index (Phi) is 13.9. The highest BCUT2D eigenvalue weighted by Gasteiger charge is 2.16. The average Bonchev–Trinajstić information content (AvgIpc) is 3.32. The number of rotatable bonds is 16. The predicted molar refractivity (Wildman–Crippen MR) is 244 cm³/mol. The molecule has 0 heterocycles. The number of nitrogens with zero attached hydrogens (tertiary/aromatic N) is 8. The lowest BCUT2D eigenvalue weighted by atomic mass is 10.1. The van der Waals surface area contributed by atoms with Gasteiger partial charge in [-0.25, -0.2) is 0 Å². The monoisotopic (exact) mass is 895 g/mol. The van der Waals surface area contributed by atoms with E-state index in [-0.39, 0.29) is 50.6 Å². The number of azo groups is 4. The fourth-order valence-corrected chi connectivity index (χ4v) is 7.06. The van der Waals surface area contributed by atoms with Crippen LogP contribution in [0.1, 0.15) is 16.7 Å². The summed E-state index contributed by atoms with van der Waals surface area (Å²) in [6, 6.07) is 33.4. The zero-order chi connectivity index (χ0) is 46.1. The van der Waals surface area contributed by atoms with Crippen molar-refractivity contribution in [3.05, 3.63) is 138 Å². The molecule has 0 fully saturated rings. The van der Waals surface area contributed by atoms with Gasteiger partial charge in [-0.1, -0.05) is 18.2 Å². The van der Waals surface area contributed by atoms with Gasteiger partial charge in [0.1, 0.15) is 44.9 Å². The zero-order valence-corrected chi connectivity index (χ0v) is 36.1. The Balaban J connectivity index is 1.08. The van der Waals surface area contributed by atoms with Crippen LogP contribution in [-0.2, 0) is 23.3 Å². The van der Waals surface area contributed by atoms with Crippen LogP contribution in [0.3, 0.4) is 0 Å². The second kappa shape index (κ2) is 20.0. The molecule has 5 N–H and O–H groups in total. The Labute approximate surface area is 372 Å². The van der Waals surface area contributed by atoms with Gasteiger partial charge in [0.05, 0.1) is 57.3 Å². The lowest BCUT2D eigenvalue weighted by molar-refractivity contribution is 0.282. The number of phenolic OH excluding ortho intramolecular Hbond substituents is 1. The lowest BCUT2D eigenvalue weighted by Crippen LogP contribution is -1.97. The standard InChI is InChI=1S/C46H41N9O9S/c1-27-19-33(13-18-36(27)49-50-37-7-5-6-8-45(37)65(59,60)61)48-52-39-23-43(63-3)42(21-29(39)25-56)55-53-40-24-44(64-4)41(22-30(40)26-57)54-51-38-17-9-28-20-32(12-16-35(28)46(38)58)47-31-10-14-34(62-2)15-11-31/h5-24,47,56-58H,25-26H2,1-4H3,(H,59,60,61). The normalized spacial score (nSPS) is 12.0. The number of nitrogens with one attached hydrogen (secondary N) is 1. The minimum absolute atomic E-state index is 0.0211. The number of ether oxygens (including phenoxy) is 3. The molecule has 7 rings (SSSR count). The fraction of sp³-hybridized carbons (Fsp3) is 0.130. The zero-order valence-electron chi connectivity index (χ0n) is 35.3. The molecule has 0 saturated carbocycles. The highest BCUT2D eigenvalue weighted by molar-refractivity contribution is 7.86. The second-order valence-corrected chi connectivity index (χ2v) is 15.4. The van der Waals surface area contributed by atoms with Crippen molar-refractivity contribution >= 4 is 77.8 Å². The largest absolute Gasteiger partial charge is 0.505 e. The smallest absolute Gasteiger partial charge is 0.296 e. The predicted octanol–water partition coefficient (Wildman–Crippen LogP) is 12.5. The number of fused-ring (bicyclic) bond motifs is 1. The summed E-state index contributed by atoms with van der Waals surface area (Å²) in [5.74, 6) is 1.22. The Hall–Kier alpha value is -7.97. The molecule has 0 saturated heterocycles. The summed E-state index contributed by atoms with van der Waals surface area (Å²) in [7, 11) is -0.00114. The third-order valence-electron chi connectivity index (χ3n) is 9.84. The quantitative estimate of drug-likeness (QED) is 0.0453. The van der Waals surface area contributed by atoms with Gasteiger partial charge in [0.25, 0.3) is 10.1 Å². The van der Waals surface area contributed by atoms with Gasteiger partial charge in [-0.15, -0.1) is 25.6 Å². The van der Waals surface area contributed by atoms with E-state index in [1.807, 2.05) is 42.5 Å². The van der Waals surface area contributed by atoms with Crippen molar-refractivity contribution in [2.45, 2.75) is 25.0 Å². The highest BCUT2D eigenvalue weighted by Crippen LogP contribution is 2.42. The molecule has 18 nitrogen and oxygen atoms in total. The highest BCUT2D eigenvalue weighted by atomic mass is 32.2. The molecule has 330 valence electrons. The molecule has 0 aliphatic rings. The van der Waals surface area contributed by atoms with E-state index in [0.717, 1.165) is 22.5 Å². The molecule has 65 heavy (non-hydrogen) atoms. The number of aryl methyl sites for hydroxylation is 1. The fourth-order valence-electron chi connectivity index (χ4n) is 6.43. The molecule has 0 spiro atoms. The number of phenols is 1. The Morgan fingerprint density at radius 1 is 0.538 bits per heavy atom. The van der Waals surface area contributed by atoms with E-state index >= 15 is 0 Å². The van der Waals surface area contributed by atoms with E-state index in [2.05, 4.69) is 46.2 Å². The van der Waals surface area contributed by atoms with E-state index in [0.29, 0.717) is 39.1 Å². The van der Waals surface area contributed by atoms with Crippen LogP contribution in [0.15, 0.2) is 167 Å². The Morgan fingerprint density at radius 3 is 1.69 bits per heavy atom. The number of benzene rings is 7. The Bertz CT molecular complexity index is 3120. The summed E-state index contributed by atoms with van der Waals surface area (Å²) < 4.78 is 49.3. The minimum Gasteiger partial charge on any atom is -0.505 e. The molecule has 0 radical (unpaired) electrons. The first-order valence-electron chi connectivity index (χ1n) is 19.6. The van der Waals surface area contributed by atoms with Crippen LogP contribution < -0.4 is 19.5 Å². The van der Waals surface area contributed by atoms with E-state index < -0.39 is 23.3 Å². The van der Waals surface area contributed by atoms with Gasteiger partial charge in [-0.2, -0.15) is 23.8 Å². The first-order chi connectivity index (χ1) is 31.4. The molecule has 0 bridgehead atoms. The van der Waals surface area contributed by atoms with Gasteiger partial charge in [-0.05, 0) is 109 Å². The molecule has 0 amide bonds. The summed E-state index contributed by atoms with van der Waals surface area (Å²) in [6.45, 7) is 0.907. The Morgan fingerprint density at radius 2 is 1.09 bits per heavy atom. The van der Waals surface area contributed by atoms with Gasteiger partial charge < -0.3 is 34.8 Å². The molecule has 0 aliphatic carbocycles. The molecule has 0 aromatic heterocycles. The summed E-state index contributed by atoms with van der Waals surface area (Å²) in [5.41, 5.74) is 5.20. The van der Waals surface area contributed by atoms with Crippen LogP contribution in [0.2, 0.25) is 0 Å². The number of aromatic hydroxyl groups is 1. The van der Waals surface area contributed by atoms with Gasteiger partial charge >= 0.3 is 0 Å². The van der Waals surface area contributed by atoms with Crippen molar-refractivity contribution in [2.24, 2.45) is 40.9 Å². The van der Waals surface area contributed by atoms with E-state index in [4.69, 9.17) is 14.2 Å². The van der Waals surface area contributed by atoms with E-state index in [9.17, 15) is 28.3 Å². The topological polar surface area (TPSA) is 254 Å². The van der Waals surface area contributed by atoms with Crippen molar-refractivity contribution in [2.75, 3.05) is 26.6 Å². The van der Waals surface area contributed by atoms with Crippen LogP contribution in [-0.4, -0.2) is 49.6 Å². The van der Waals surface area contributed by atoms with Gasteiger partial charge in [0.2, 0.25) is 0 Å². The van der Waals surface area contributed by atoms with Crippen molar-refractivity contribution in [1.29, 1.82) is 0 Å². The first kappa shape index (κ1) is 45.1. The molecule has 19 heteroatoms. The SMILES string of the molecule is COc1ccc(Nc2ccc3c(O)c(N=Nc4cc(CO)c(N=Nc5cc(CO)c(N=Nc6ccc(N=Nc7ccccc7S(=O)(=O)O)c(C)c6)cc5OC)cc4OC)ccc3c2)cc1. The van der Waals surface area contributed by atoms with Crippen LogP contribution in [0.5, 0.6) is 23.0 Å². The van der Waals surface area contributed by atoms with Crippen LogP contribution in [0, 0.1) is 6.92 Å². The van der Waals surface area contributed by atoms with Crippen LogP contribution in [0.25, 0.3) is 10.8 Å². The minimum atomic E-state index is -4.49. The molecule has 7 aromatic carbocycles. The molecular formula is C46H41N9O9S. The summed E-state index contributed by atoms with van der Waals surface area (Å²) >= 11 is 0. The third-order valence-corrected chi connectivity index (χ3v) is 10.7. The number of methoxy groups -OCH3 is 3.